The van der Waals surface area contributed by atoms with Gasteiger partial charge in [0.15, 0.2) is 0 Å². The molecule has 1 aromatic rings. The summed E-state index contributed by atoms with van der Waals surface area (Å²) in [5.74, 6) is -0.588. The summed E-state index contributed by atoms with van der Waals surface area (Å²) < 4.78 is 12.6. The molecule has 5 heteroatoms. The molecule has 1 amide bonds. The van der Waals surface area contributed by atoms with Gasteiger partial charge in [0.2, 0.25) is 5.95 Å². The van der Waals surface area contributed by atoms with Crippen LogP contribution in [0.15, 0.2) is 18.3 Å². The second kappa shape index (κ2) is 7.76. The highest BCUT2D eigenvalue weighted by atomic mass is 19.1. The predicted molar refractivity (Wildman–Crippen MR) is 66.6 cm³/mol. The fraction of sp³-hybridized carbons (Fsp3) is 0.538. The molecule has 1 heterocycles. The number of hydrogen-bond acceptors (Lipinski definition) is 3. The lowest BCUT2D eigenvalue weighted by molar-refractivity contribution is 0.0942. The van der Waals surface area contributed by atoms with E-state index in [0.717, 1.165) is 18.9 Å². The zero-order valence-corrected chi connectivity index (χ0v) is 10.5. The standard InChI is InChI=1S/C13H19FN2O2/c1-2-3-10(6-7-17)8-16-13(18)11-4-5-12(14)15-9-11/h4-5,9-10,17H,2-3,6-8H2,1H3,(H,16,18). The number of carbonyl (C=O) groups is 1. The van der Waals surface area contributed by atoms with Gasteiger partial charge in [0.25, 0.3) is 5.91 Å². The van der Waals surface area contributed by atoms with Crippen LogP contribution in [0.1, 0.15) is 36.5 Å². The van der Waals surface area contributed by atoms with Crippen LogP contribution in [0.2, 0.25) is 0 Å². The molecule has 100 valence electrons. The minimum atomic E-state index is -0.601. The molecule has 1 aromatic heterocycles. The van der Waals surface area contributed by atoms with Crippen LogP contribution in [0.25, 0.3) is 0 Å². The van der Waals surface area contributed by atoms with Crippen LogP contribution in [0.5, 0.6) is 0 Å². The topological polar surface area (TPSA) is 62.2 Å². The lowest BCUT2D eigenvalue weighted by atomic mass is 10.0. The number of aromatic nitrogens is 1. The molecule has 0 spiro atoms. The number of hydrogen-bond donors (Lipinski definition) is 2. The van der Waals surface area contributed by atoms with E-state index >= 15 is 0 Å². The fourth-order valence-corrected chi connectivity index (χ4v) is 1.79. The number of aliphatic hydroxyl groups excluding tert-OH is 1. The molecule has 0 aliphatic carbocycles. The Hall–Kier alpha value is -1.49. The highest BCUT2D eigenvalue weighted by Gasteiger charge is 2.11. The van der Waals surface area contributed by atoms with E-state index in [-0.39, 0.29) is 18.4 Å². The van der Waals surface area contributed by atoms with Crippen LogP contribution < -0.4 is 5.32 Å². The average Bonchev–Trinajstić information content (AvgIpc) is 2.37. The fourth-order valence-electron chi connectivity index (χ4n) is 1.79. The van der Waals surface area contributed by atoms with Crippen molar-refractivity contribution in [2.45, 2.75) is 26.2 Å². The predicted octanol–water partition coefficient (Wildman–Crippen LogP) is 1.75. The first-order chi connectivity index (χ1) is 8.67. The minimum Gasteiger partial charge on any atom is -0.396 e. The molecule has 1 rings (SSSR count). The smallest absolute Gasteiger partial charge is 0.252 e. The largest absolute Gasteiger partial charge is 0.396 e. The van der Waals surface area contributed by atoms with Crippen LogP contribution in [0.3, 0.4) is 0 Å². The molecular formula is C13H19FN2O2. The highest BCUT2D eigenvalue weighted by Crippen LogP contribution is 2.09. The van der Waals surface area contributed by atoms with Crippen LogP contribution in [-0.4, -0.2) is 29.1 Å². The molecule has 0 aliphatic heterocycles. The Labute approximate surface area is 106 Å². The number of halogens is 1. The Bertz CT molecular complexity index is 362. The van der Waals surface area contributed by atoms with E-state index in [2.05, 4.69) is 17.2 Å². The summed E-state index contributed by atoms with van der Waals surface area (Å²) in [6.45, 7) is 2.71. The summed E-state index contributed by atoms with van der Waals surface area (Å²) >= 11 is 0. The van der Waals surface area contributed by atoms with Gasteiger partial charge in [-0.15, -0.1) is 0 Å². The van der Waals surface area contributed by atoms with Crippen molar-refractivity contribution in [3.8, 4) is 0 Å². The van der Waals surface area contributed by atoms with E-state index in [9.17, 15) is 9.18 Å². The Balaban J connectivity index is 2.46. The van der Waals surface area contributed by atoms with E-state index in [4.69, 9.17) is 5.11 Å². The molecule has 0 aromatic carbocycles. The molecule has 0 fully saturated rings. The van der Waals surface area contributed by atoms with Crippen LogP contribution in [-0.2, 0) is 0 Å². The second-order valence-electron chi connectivity index (χ2n) is 4.25. The number of amides is 1. The van der Waals surface area contributed by atoms with Crippen molar-refractivity contribution >= 4 is 5.91 Å². The quantitative estimate of drug-likeness (QED) is 0.729. The van der Waals surface area contributed by atoms with Crippen molar-refractivity contribution in [1.29, 1.82) is 0 Å². The van der Waals surface area contributed by atoms with E-state index in [0.29, 0.717) is 18.5 Å². The lowest BCUT2D eigenvalue weighted by Crippen LogP contribution is -2.29. The van der Waals surface area contributed by atoms with Gasteiger partial charge in [-0.25, -0.2) is 4.98 Å². The Kier molecular flexibility index (Phi) is 6.28. The van der Waals surface area contributed by atoms with E-state index < -0.39 is 5.95 Å². The number of nitrogens with one attached hydrogen (secondary N) is 1. The van der Waals surface area contributed by atoms with Gasteiger partial charge in [-0.3, -0.25) is 4.79 Å². The number of aliphatic hydroxyl groups is 1. The van der Waals surface area contributed by atoms with Crippen LogP contribution in [0.4, 0.5) is 4.39 Å². The summed E-state index contributed by atoms with van der Waals surface area (Å²) in [6, 6.07) is 2.56. The lowest BCUT2D eigenvalue weighted by Gasteiger charge is -2.15. The highest BCUT2D eigenvalue weighted by molar-refractivity contribution is 5.93. The maximum absolute atomic E-state index is 12.6. The SMILES string of the molecule is CCCC(CCO)CNC(=O)c1ccc(F)nc1. The van der Waals surface area contributed by atoms with Crippen LogP contribution in [0, 0.1) is 11.9 Å². The van der Waals surface area contributed by atoms with Crippen molar-refractivity contribution in [2.24, 2.45) is 5.92 Å². The zero-order valence-electron chi connectivity index (χ0n) is 10.5. The molecule has 1 unspecified atom stereocenters. The monoisotopic (exact) mass is 254 g/mol. The van der Waals surface area contributed by atoms with Crippen molar-refractivity contribution in [3.63, 3.8) is 0 Å². The Morgan fingerprint density at radius 2 is 2.28 bits per heavy atom. The normalized spacial score (nSPS) is 12.2. The maximum atomic E-state index is 12.6. The molecule has 0 saturated heterocycles. The summed E-state index contributed by atoms with van der Waals surface area (Å²) in [4.78, 5) is 15.2. The van der Waals surface area contributed by atoms with Crippen LogP contribution >= 0.6 is 0 Å². The molecule has 18 heavy (non-hydrogen) atoms. The molecule has 0 radical (unpaired) electrons. The first kappa shape index (κ1) is 14.6. The first-order valence-corrected chi connectivity index (χ1v) is 6.18. The molecule has 1 atom stereocenters. The number of carbonyl (C=O) groups excluding carboxylic acids is 1. The van der Waals surface area contributed by atoms with Gasteiger partial charge in [-0.2, -0.15) is 4.39 Å². The van der Waals surface area contributed by atoms with Gasteiger partial charge in [-0.05, 0) is 30.9 Å². The summed E-state index contributed by atoms with van der Waals surface area (Å²) in [5.41, 5.74) is 0.343. The zero-order chi connectivity index (χ0) is 13.4. The van der Waals surface area contributed by atoms with E-state index in [1.807, 2.05) is 0 Å². The molecule has 0 bridgehead atoms. The van der Waals surface area contributed by atoms with E-state index in [1.165, 1.54) is 12.3 Å². The second-order valence-corrected chi connectivity index (χ2v) is 4.25. The Morgan fingerprint density at radius 1 is 1.50 bits per heavy atom. The third-order valence-electron chi connectivity index (χ3n) is 2.78. The van der Waals surface area contributed by atoms with Gasteiger partial charge in [0.1, 0.15) is 0 Å². The number of nitrogens with zero attached hydrogens (tertiary/aromatic N) is 1. The molecule has 4 nitrogen and oxygen atoms in total. The summed E-state index contributed by atoms with van der Waals surface area (Å²) in [5, 5.41) is 11.7. The van der Waals surface area contributed by atoms with E-state index in [1.54, 1.807) is 0 Å². The Morgan fingerprint density at radius 3 is 2.83 bits per heavy atom. The van der Waals surface area contributed by atoms with Crippen molar-refractivity contribution in [3.05, 3.63) is 29.8 Å². The van der Waals surface area contributed by atoms with Gasteiger partial charge in [-0.1, -0.05) is 13.3 Å². The van der Waals surface area contributed by atoms with Gasteiger partial charge < -0.3 is 10.4 Å². The molecule has 0 aliphatic rings. The first-order valence-electron chi connectivity index (χ1n) is 6.18. The van der Waals surface area contributed by atoms with Gasteiger partial charge in [0.05, 0.1) is 5.56 Å². The van der Waals surface area contributed by atoms with Gasteiger partial charge in [0, 0.05) is 19.3 Å². The molecular weight excluding hydrogens is 235 g/mol. The molecule has 2 N–H and O–H groups in total. The minimum absolute atomic E-state index is 0.124. The third kappa shape index (κ3) is 4.79. The number of pyridine rings is 1. The van der Waals surface area contributed by atoms with Crippen molar-refractivity contribution in [2.75, 3.05) is 13.2 Å². The average molecular weight is 254 g/mol. The van der Waals surface area contributed by atoms with Gasteiger partial charge >= 0.3 is 0 Å². The molecule has 0 saturated carbocycles. The number of rotatable bonds is 7. The summed E-state index contributed by atoms with van der Waals surface area (Å²) in [7, 11) is 0. The third-order valence-corrected chi connectivity index (χ3v) is 2.78. The van der Waals surface area contributed by atoms with Crippen molar-refractivity contribution < 1.29 is 14.3 Å². The maximum Gasteiger partial charge on any atom is 0.252 e. The van der Waals surface area contributed by atoms with Crippen molar-refractivity contribution in [1.82, 2.24) is 10.3 Å². The summed E-state index contributed by atoms with van der Waals surface area (Å²) in [6.07, 6.45) is 3.86.